The van der Waals surface area contributed by atoms with Crippen LogP contribution in [0, 0.1) is 5.41 Å². The van der Waals surface area contributed by atoms with Crippen molar-refractivity contribution in [2.75, 3.05) is 39.0 Å². The molecule has 2 atom stereocenters. The number of carbonyl (C=O) groups is 7. The fourth-order valence-corrected chi connectivity index (χ4v) is 8.49. The second-order valence-corrected chi connectivity index (χ2v) is 16.8. The zero-order valence-electron chi connectivity index (χ0n) is 33.0. The minimum Gasteiger partial charge on any atom is -0.480 e. The summed E-state index contributed by atoms with van der Waals surface area (Å²) in [4.78, 5) is 99.8. The average molecular weight is 827 g/mol. The molecule has 2 aromatic rings. The van der Waals surface area contributed by atoms with Crippen LogP contribution in [0.25, 0.3) is 10.2 Å². The van der Waals surface area contributed by atoms with Gasteiger partial charge < -0.3 is 35.8 Å². The number of nitrogens with two attached hydrogens (primary N) is 1. The Labute approximate surface area is 339 Å². The normalized spacial score (nSPS) is 16.5. The van der Waals surface area contributed by atoms with Crippen LogP contribution in [0.2, 0.25) is 0 Å². The summed E-state index contributed by atoms with van der Waals surface area (Å²) >= 11 is 2.61. The number of nitrogens with zero attached hydrogens (tertiary/aromatic N) is 4. The number of carbonyl (C=O) groups excluding carboxylic acids is 5. The number of ether oxygens (including phenoxy) is 1. The predicted molar refractivity (Wildman–Crippen MR) is 216 cm³/mol. The number of ketones is 2. The standard InChI is InChI=1S/C39H50N6O10S2/c1-21-22(2)33(49)31(23(3)32(21)48)39(4,5)19-30(47)44(6)16-17-45(15-9-11-29(46)41-14-8-7-10-25(40)36(50)51)38(54)55-24-12-13-26-28(18-24)57-35(42-26)34-43-27(20-56-34)37(52)53/h12-13,18,25,27H,7-11,14-17,19-20,40H2,1-6H3,(H,41,46)(H,50,51)(H,52,53). The van der Waals surface area contributed by atoms with Gasteiger partial charge in [-0.2, -0.15) is 0 Å². The van der Waals surface area contributed by atoms with Crippen LogP contribution in [0.5, 0.6) is 5.75 Å². The van der Waals surface area contributed by atoms with E-state index in [1.54, 1.807) is 59.9 Å². The number of rotatable bonds is 19. The largest absolute Gasteiger partial charge is 0.480 e. The van der Waals surface area contributed by atoms with Gasteiger partial charge in [0.15, 0.2) is 17.6 Å². The lowest BCUT2D eigenvalue weighted by atomic mass is 9.71. The molecule has 16 nitrogen and oxygen atoms in total. The molecular weight excluding hydrogens is 777 g/mol. The summed E-state index contributed by atoms with van der Waals surface area (Å²) in [7, 11) is 1.59. The fraction of sp³-hybridized carbons (Fsp3) is 0.513. The molecule has 0 radical (unpaired) electrons. The first-order valence-corrected chi connectivity index (χ1v) is 20.4. The minimum absolute atomic E-state index is 0.0574. The molecule has 308 valence electrons. The Kier molecular flexibility index (Phi) is 15.3. The second-order valence-electron chi connectivity index (χ2n) is 14.8. The van der Waals surface area contributed by atoms with Crippen molar-refractivity contribution in [2.45, 2.75) is 85.2 Å². The molecule has 5 N–H and O–H groups in total. The van der Waals surface area contributed by atoms with Crippen LogP contribution in [0.3, 0.4) is 0 Å². The van der Waals surface area contributed by atoms with E-state index in [0.29, 0.717) is 74.1 Å². The SMILES string of the molecule is CC1=C(C)C(=O)C(C(C)(C)CC(=O)N(C)CCN(CCCC(=O)NCCCCC(N)C(=O)O)C(=O)Oc2ccc3nc(C4=NC(C(=O)O)CS4)sc3c2)=C(C)C1=O. The lowest BCUT2D eigenvalue weighted by molar-refractivity contribution is -0.139. The highest BCUT2D eigenvalue weighted by molar-refractivity contribution is 8.15. The van der Waals surface area contributed by atoms with Gasteiger partial charge in [0.05, 0.1) is 10.2 Å². The molecule has 1 aliphatic heterocycles. The number of carboxylic acids is 2. The number of hydrogen-bond acceptors (Lipinski definition) is 13. The first-order chi connectivity index (χ1) is 26.8. The third-order valence-electron chi connectivity index (χ3n) is 9.94. The molecular formula is C39H50N6O10S2. The number of unbranched alkanes of at least 4 members (excludes halogenated alkanes) is 1. The van der Waals surface area contributed by atoms with Crippen molar-refractivity contribution in [2.24, 2.45) is 16.1 Å². The van der Waals surface area contributed by atoms with Crippen molar-refractivity contribution >= 4 is 79.8 Å². The molecule has 18 heteroatoms. The van der Waals surface area contributed by atoms with Gasteiger partial charge in [-0.05, 0) is 58.6 Å². The van der Waals surface area contributed by atoms with E-state index in [2.05, 4.69) is 15.3 Å². The van der Waals surface area contributed by atoms with Crippen LogP contribution >= 0.6 is 23.1 Å². The zero-order valence-corrected chi connectivity index (χ0v) is 34.6. The number of nitrogens with one attached hydrogen (secondary N) is 1. The van der Waals surface area contributed by atoms with E-state index in [1.807, 2.05) is 0 Å². The molecule has 2 heterocycles. The highest BCUT2D eigenvalue weighted by Crippen LogP contribution is 2.39. The van der Waals surface area contributed by atoms with Crippen molar-refractivity contribution in [1.29, 1.82) is 0 Å². The number of likely N-dealkylation sites (N-methyl/N-ethyl adjacent to an activating group) is 1. The monoisotopic (exact) mass is 826 g/mol. The van der Waals surface area contributed by atoms with Crippen molar-refractivity contribution in [3.63, 3.8) is 0 Å². The molecule has 0 saturated heterocycles. The number of Topliss-reactive ketones (excluding diaryl/α,β-unsaturated/α-hetero) is 2. The summed E-state index contributed by atoms with van der Waals surface area (Å²) < 4.78 is 6.47. The number of allylic oxidation sites excluding steroid dienone is 4. The van der Waals surface area contributed by atoms with Crippen LogP contribution < -0.4 is 15.8 Å². The van der Waals surface area contributed by atoms with E-state index in [9.17, 15) is 38.7 Å². The fourth-order valence-electron chi connectivity index (χ4n) is 6.40. The second kappa shape index (κ2) is 19.5. The van der Waals surface area contributed by atoms with Crippen LogP contribution in [0.4, 0.5) is 4.79 Å². The number of aromatic nitrogens is 1. The molecule has 3 amide bonds. The number of amides is 3. The topological polar surface area (TPSA) is 239 Å². The van der Waals surface area contributed by atoms with Gasteiger partial charge in [0.25, 0.3) is 0 Å². The molecule has 0 bridgehead atoms. The number of aliphatic carboxylic acids is 2. The van der Waals surface area contributed by atoms with E-state index < -0.39 is 35.5 Å². The number of hydrogen-bond donors (Lipinski definition) is 4. The van der Waals surface area contributed by atoms with Gasteiger partial charge in [0.1, 0.15) is 21.8 Å². The highest BCUT2D eigenvalue weighted by Gasteiger charge is 2.39. The smallest absolute Gasteiger partial charge is 0.415 e. The number of carboxylic acid groups (broad SMARTS) is 2. The van der Waals surface area contributed by atoms with Gasteiger partial charge in [-0.25, -0.2) is 14.6 Å². The lowest BCUT2D eigenvalue weighted by Crippen LogP contribution is -2.42. The van der Waals surface area contributed by atoms with Crippen LogP contribution in [0.15, 0.2) is 45.5 Å². The van der Waals surface area contributed by atoms with E-state index in [-0.39, 0.29) is 68.0 Å². The molecule has 1 aromatic carbocycles. The maximum atomic E-state index is 13.6. The quantitative estimate of drug-likeness (QED) is 0.115. The van der Waals surface area contributed by atoms with E-state index in [1.165, 1.54) is 32.9 Å². The van der Waals surface area contributed by atoms with Crippen molar-refractivity contribution in [1.82, 2.24) is 20.1 Å². The Morgan fingerprint density at radius 2 is 1.70 bits per heavy atom. The Hall–Kier alpha value is -4.94. The summed E-state index contributed by atoms with van der Waals surface area (Å²) in [6.45, 7) is 8.98. The first kappa shape index (κ1) is 44.8. The van der Waals surface area contributed by atoms with Crippen LogP contribution in [-0.2, 0) is 28.8 Å². The number of aliphatic imine (C=N–C) groups is 1. The molecule has 1 aliphatic carbocycles. The summed E-state index contributed by atoms with van der Waals surface area (Å²) in [5.41, 5.74) is 6.60. The molecule has 1 aromatic heterocycles. The van der Waals surface area contributed by atoms with Gasteiger partial charge in [0.2, 0.25) is 11.8 Å². The third-order valence-corrected chi connectivity index (χ3v) is 12.2. The summed E-state index contributed by atoms with van der Waals surface area (Å²) in [6.07, 6.45) is 0.984. The van der Waals surface area contributed by atoms with Crippen LogP contribution in [-0.4, -0.2) is 123 Å². The van der Waals surface area contributed by atoms with E-state index in [4.69, 9.17) is 15.6 Å². The first-order valence-electron chi connectivity index (χ1n) is 18.6. The molecule has 0 fully saturated rings. The zero-order chi connectivity index (χ0) is 42.2. The maximum absolute atomic E-state index is 13.6. The van der Waals surface area contributed by atoms with Gasteiger partial charge in [-0.1, -0.05) is 13.8 Å². The van der Waals surface area contributed by atoms with Crippen molar-refractivity contribution < 1.29 is 48.5 Å². The molecule has 2 unspecified atom stereocenters. The Morgan fingerprint density at radius 1 is 1.00 bits per heavy atom. The molecule has 0 spiro atoms. The van der Waals surface area contributed by atoms with Crippen LogP contribution in [0.1, 0.15) is 78.2 Å². The van der Waals surface area contributed by atoms with Crippen molar-refractivity contribution in [3.8, 4) is 5.75 Å². The lowest BCUT2D eigenvalue weighted by Gasteiger charge is -2.33. The molecule has 4 rings (SSSR count). The van der Waals surface area contributed by atoms with Crippen molar-refractivity contribution in [3.05, 3.63) is 45.5 Å². The summed E-state index contributed by atoms with van der Waals surface area (Å²) in [5.74, 6) is -2.54. The van der Waals surface area contributed by atoms with Gasteiger partial charge in [-0.3, -0.25) is 29.0 Å². The summed E-state index contributed by atoms with van der Waals surface area (Å²) in [6, 6.07) is 3.15. The minimum atomic E-state index is -1.07. The Bertz CT molecular complexity index is 2040. The Morgan fingerprint density at radius 3 is 2.37 bits per heavy atom. The van der Waals surface area contributed by atoms with E-state index in [0.717, 1.165) is 0 Å². The van der Waals surface area contributed by atoms with Gasteiger partial charge >= 0.3 is 18.0 Å². The van der Waals surface area contributed by atoms with Gasteiger partial charge in [0, 0.05) is 85.6 Å². The predicted octanol–water partition coefficient (Wildman–Crippen LogP) is 4.20. The Balaban J connectivity index is 1.41. The van der Waals surface area contributed by atoms with Gasteiger partial charge in [-0.15, -0.1) is 23.1 Å². The number of benzene rings is 1. The average Bonchev–Trinajstić information content (AvgIpc) is 3.82. The molecule has 0 saturated carbocycles. The maximum Gasteiger partial charge on any atom is 0.415 e. The highest BCUT2D eigenvalue weighted by atomic mass is 32.2. The number of thiazole rings is 1. The number of thioether (sulfide) groups is 1. The summed E-state index contributed by atoms with van der Waals surface area (Å²) in [5, 5.41) is 22.1. The number of fused-ring (bicyclic) bond motifs is 1. The van der Waals surface area contributed by atoms with E-state index >= 15 is 0 Å². The molecule has 57 heavy (non-hydrogen) atoms. The third kappa shape index (κ3) is 11.6. The molecule has 2 aliphatic rings.